The highest BCUT2D eigenvalue weighted by Crippen LogP contribution is 2.31. The summed E-state index contributed by atoms with van der Waals surface area (Å²) in [6, 6.07) is 0. The predicted octanol–water partition coefficient (Wildman–Crippen LogP) is 2.82. The van der Waals surface area contributed by atoms with Crippen molar-refractivity contribution in [2.75, 3.05) is 13.6 Å². The molecule has 0 aromatic rings. The van der Waals surface area contributed by atoms with Crippen molar-refractivity contribution in [3.05, 3.63) is 0 Å². The summed E-state index contributed by atoms with van der Waals surface area (Å²) in [7, 11) is 1.81. The maximum absolute atomic E-state index is 12.1. The van der Waals surface area contributed by atoms with Gasteiger partial charge in [-0.3, -0.25) is 4.79 Å². The molecule has 1 aliphatic rings. The van der Waals surface area contributed by atoms with E-state index in [0.29, 0.717) is 18.9 Å². The summed E-state index contributed by atoms with van der Waals surface area (Å²) in [5.41, 5.74) is -0.476. The van der Waals surface area contributed by atoms with Crippen LogP contribution in [0.5, 0.6) is 0 Å². The van der Waals surface area contributed by atoms with Crippen molar-refractivity contribution in [1.82, 2.24) is 4.90 Å². The van der Waals surface area contributed by atoms with E-state index in [4.69, 9.17) is 0 Å². The molecule has 0 aromatic heterocycles. The Hall–Kier alpha value is -0.570. The second-order valence-corrected chi connectivity index (χ2v) is 7.15. The summed E-state index contributed by atoms with van der Waals surface area (Å²) >= 11 is 0. The molecule has 0 aromatic carbocycles. The molecule has 1 unspecified atom stereocenters. The lowest BCUT2D eigenvalue weighted by Gasteiger charge is -2.32. The van der Waals surface area contributed by atoms with Gasteiger partial charge < -0.3 is 10.0 Å². The average molecular weight is 255 g/mol. The molecular weight excluding hydrogens is 226 g/mol. The summed E-state index contributed by atoms with van der Waals surface area (Å²) in [6.45, 7) is 9.10. The Labute approximate surface area is 112 Å². The standard InChI is InChI=1S/C15H29NO2/c1-12(14(2,3)4)10-13(17)16(5)11-15(18)8-6-7-9-15/h12,18H,6-11H2,1-5H3. The molecule has 1 atom stereocenters. The van der Waals surface area contributed by atoms with Gasteiger partial charge >= 0.3 is 0 Å². The zero-order valence-corrected chi connectivity index (χ0v) is 12.6. The Kier molecular flexibility index (Phi) is 4.82. The number of carbonyl (C=O) groups is 1. The Bertz CT molecular complexity index is 287. The van der Waals surface area contributed by atoms with Crippen molar-refractivity contribution < 1.29 is 9.90 Å². The molecule has 106 valence electrons. The van der Waals surface area contributed by atoms with Crippen LogP contribution in [0.3, 0.4) is 0 Å². The number of nitrogens with zero attached hydrogens (tertiary/aromatic N) is 1. The minimum absolute atomic E-state index is 0.151. The van der Waals surface area contributed by atoms with Crippen molar-refractivity contribution in [2.45, 2.75) is 65.4 Å². The Morgan fingerprint density at radius 1 is 1.33 bits per heavy atom. The lowest BCUT2D eigenvalue weighted by atomic mass is 9.80. The highest BCUT2D eigenvalue weighted by Gasteiger charge is 2.34. The number of aliphatic hydroxyl groups is 1. The first-order valence-corrected chi connectivity index (χ1v) is 7.10. The smallest absolute Gasteiger partial charge is 0.222 e. The van der Waals surface area contributed by atoms with E-state index in [9.17, 15) is 9.90 Å². The summed E-state index contributed by atoms with van der Waals surface area (Å²) in [5, 5.41) is 10.3. The summed E-state index contributed by atoms with van der Waals surface area (Å²) in [4.78, 5) is 13.9. The van der Waals surface area contributed by atoms with Gasteiger partial charge in [0, 0.05) is 20.0 Å². The monoisotopic (exact) mass is 255 g/mol. The first kappa shape index (κ1) is 15.5. The van der Waals surface area contributed by atoms with Gasteiger partial charge in [-0.2, -0.15) is 0 Å². The summed E-state index contributed by atoms with van der Waals surface area (Å²) in [5.74, 6) is 0.503. The van der Waals surface area contributed by atoms with Crippen LogP contribution in [-0.4, -0.2) is 35.1 Å². The van der Waals surface area contributed by atoms with Gasteiger partial charge in [0.2, 0.25) is 5.91 Å². The lowest BCUT2D eigenvalue weighted by Crippen LogP contribution is -2.42. The van der Waals surface area contributed by atoms with E-state index in [0.717, 1.165) is 25.7 Å². The fourth-order valence-electron chi connectivity index (χ4n) is 2.44. The topological polar surface area (TPSA) is 40.5 Å². The van der Waals surface area contributed by atoms with E-state index < -0.39 is 5.60 Å². The third-order valence-electron chi connectivity index (χ3n) is 4.45. The van der Waals surface area contributed by atoms with Crippen LogP contribution < -0.4 is 0 Å². The van der Waals surface area contributed by atoms with E-state index in [1.807, 2.05) is 7.05 Å². The summed E-state index contributed by atoms with van der Waals surface area (Å²) in [6.07, 6.45) is 4.39. The Morgan fingerprint density at radius 3 is 2.28 bits per heavy atom. The molecule has 0 radical (unpaired) electrons. The van der Waals surface area contributed by atoms with E-state index >= 15 is 0 Å². The molecule has 1 saturated carbocycles. The molecule has 18 heavy (non-hydrogen) atoms. The number of carbonyl (C=O) groups excluding carboxylic acids is 1. The molecule has 1 N–H and O–H groups in total. The SMILES string of the molecule is CC(CC(=O)N(C)CC1(O)CCCC1)C(C)(C)C. The number of hydrogen-bond acceptors (Lipinski definition) is 2. The molecule has 0 spiro atoms. The van der Waals surface area contributed by atoms with Crippen molar-refractivity contribution >= 4 is 5.91 Å². The van der Waals surface area contributed by atoms with Crippen LogP contribution in [0.4, 0.5) is 0 Å². The normalized spacial score (nSPS) is 20.8. The molecule has 1 rings (SSSR count). The molecule has 0 heterocycles. The lowest BCUT2D eigenvalue weighted by molar-refractivity contribution is -0.134. The molecule has 3 heteroatoms. The molecular formula is C15H29NO2. The van der Waals surface area contributed by atoms with Crippen molar-refractivity contribution in [3.63, 3.8) is 0 Å². The Morgan fingerprint density at radius 2 is 1.83 bits per heavy atom. The Balaban J connectivity index is 2.46. The van der Waals surface area contributed by atoms with Gasteiger partial charge in [0.1, 0.15) is 0 Å². The molecule has 1 amide bonds. The van der Waals surface area contributed by atoms with Gasteiger partial charge in [0.25, 0.3) is 0 Å². The van der Waals surface area contributed by atoms with Crippen LogP contribution in [0.15, 0.2) is 0 Å². The molecule has 0 bridgehead atoms. The third kappa shape index (κ3) is 4.27. The molecule has 3 nitrogen and oxygen atoms in total. The van der Waals surface area contributed by atoms with Crippen LogP contribution in [0, 0.1) is 11.3 Å². The van der Waals surface area contributed by atoms with Gasteiger partial charge in [-0.15, -0.1) is 0 Å². The van der Waals surface area contributed by atoms with Crippen molar-refractivity contribution in [1.29, 1.82) is 0 Å². The fraction of sp³-hybridized carbons (Fsp3) is 0.933. The number of hydrogen-bond donors (Lipinski definition) is 1. The first-order valence-electron chi connectivity index (χ1n) is 7.10. The maximum Gasteiger partial charge on any atom is 0.222 e. The highest BCUT2D eigenvalue weighted by atomic mass is 16.3. The second-order valence-electron chi connectivity index (χ2n) is 7.15. The van der Waals surface area contributed by atoms with Gasteiger partial charge in [-0.05, 0) is 24.2 Å². The van der Waals surface area contributed by atoms with Crippen molar-refractivity contribution in [3.8, 4) is 0 Å². The van der Waals surface area contributed by atoms with Gasteiger partial charge in [0.05, 0.1) is 5.60 Å². The van der Waals surface area contributed by atoms with E-state index in [1.54, 1.807) is 4.90 Å². The third-order valence-corrected chi connectivity index (χ3v) is 4.45. The van der Waals surface area contributed by atoms with Crippen LogP contribution in [0.25, 0.3) is 0 Å². The molecule has 1 fully saturated rings. The quantitative estimate of drug-likeness (QED) is 0.839. The van der Waals surface area contributed by atoms with E-state index in [2.05, 4.69) is 27.7 Å². The number of amides is 1. The number of likely N-dealkylation sites (N-methyl/N-ethyl adjacent to an activating group) is 1. The predicted molar refractivity (Wildman–Crippen MR) is 74.3 cm³/mol. The molecule has 0 aliphatic heterocycles. The minimum atomic E-state index is -0.630. The van der Waals surface area contributed by atoms with E-state index in [-0.39, 0.29) is 11.3 Å². The average Bonchev–Trinajstić information content (AvgIpc) is 2.63. The molecule has 0 saturated heterocycles. The maximum atomic E-state index is 12.1. The van der Waals surface area contributed by atoms with Crippen LogP contribution >= 0.6 is 0 Å². The van der Waals surface area contributed by atoms with Crippen LogP contribution in [-0.2, 0) is 4.79 Å². The first-order chi connectivity index (χ1) is 8.14. The zero-order valence-electron chi connectivity index (χ0n) is 12.6. The van der Waals surface area contributed by atoms with Crippen LogP contribution in [0.1, 0.15) is 59.8 Å². The second kappa shape index (κ2) is 5.60. The number of rotatable bonds is 4. The van der Waals surface area contributed by atoms with Crippen LogP contribution in [0.2, 0.25) is 0 Å². The van der Waals surface area contributed by atoms with Crippen molar-refractivity contribution in [2.24, 2.45) is 11.3 Å². The molecule has 1 aliphatic carbocycles. The highest BCUT2D eigenvalue weighted by molar-refractivity contribution is 5.76. The largest absolute Gasteiger partial charge is 0.388 e. The fourth-order valence-corrected chi connectivity index (χ4v) is 2.44. The van der Waals surface area contributed by atoms with E-state index in [1.165, 1.54) is 0 Å². The zero-order chi connectivity index (χ0) is 14.0. The van der Waals surface area contributed by atoms with Gasteiger partial charge in [-0.1, -0.05) is 40.5 Å². The van der Waals surface area contributed by atoms with Gasteiger partial charge in [-0.25, -0.2) is 0 Å². The summed E-state index contributed by atoms with van der Waals surface area (Å²) < 4.78 is 0. The minimum Gasteiger partial charge on any atom is -0.388 e. The van der Waals surface area contributed by atoms with Gasteiger partial charge in [0.15, 0.2) is 0 Å².